The summed E-state index contributed by atoms with van der Waals surface area (Å²) in [7, 11) is 0. The van der Waals surface area contributed by atoms with Gasteiger partial charge in [-0.3, -0.25) is 0 Å². The Labute approximate surface area is 73.3 Å². The van der Waals surface area contributed by atoms with Gasteiger partial charge in [0.25, 0.3) is 0 Å². The fourth-order valence-electron chi connectivity index (χ4n) is 1.10. The van der Waals surface area contributed by atoms with Crippen LogP contribution in [-0.2, 0) is 0 Å². The summed E-state index contributed by atoms with van der Waals surface area (Å²) in [5, 5.41) is 8.63. The number of halogens is 1. The number of hydrogen-bond acceptors (Lipinski definition) is 2. The summed E-state index contributed by atoms with van der Waals surface area (Å²) in [5.74, 6) is 0.467. The van der Waals surface area contributed by atoms with Crippen molar-refractivity contribution in [3.05, 3.63) is 0 Å². The summed E-state index contributed by atoms with van der Waals surface area (Å²) >= 11 is 5.77. The van der Waals surface area contributed by atoms with Gasteiger partial charge in [0.15, 0.2) is 0 Å². The van der Waals surface area contributed by atoms with Crippen molar-refractivity contribution in [2.75, 3.05) is 5.88 Å². The van der Waals surface area contributed by atoms with Gasteiger partial charge < -0.3 is 5.73 Å². The van der Waals surface area contributed by atoms with Crippen molar-refractivity contribution in [2.45, 2.75) is 32.7 Å². The number of nitrogens with zero attached hydrogens (tertiary/aromatic N) is 1. The fourth-order valence-corrected chi connectivity index (χ4v) is 1.64. The number of rotatable bonds is 4. The van der Waals surface area contributed by atoms with E-state index in [0.29, 0.717) is 5.88 Å². The standard InChI is InChI=1S/C8H15ClN2/c1-3-8(4-2,6-9)7(11)5-10/h7H,3-4,6,11H2,1-2H3. The zero-order chi connectivity index (χ0) is 8.91. The third kappa shape index (κ3) is 2.08. The van der Waals surface area contributed by atoms with Gasteiger partial charge in [0, 0.05) is 11.3 Å². The van der Waals surface area contributed by atoms with E-state index in [-0.39, 0.29) is 5.41 Å². The molecule has 3 heteroatoms. The van der Waals surface area contributed by atoms with E-state index in [1.165, 1.54) is 0 Å². The number of hydrogen-bond donors (Lipinski definition) is 1. The SMILES string of the molecule is CCC(CC)(CCl)C(N)C#N. The molecular weight excluding hydrogens is 160 g/mol. The van der Waals surface area contributed by atoms with Crippen LogP contribution in [0.4, 0.5) is 0 Å². The predicted molar refractivity (Wildman–Crippen MR) is 47.3 cm³/mol. The Morgan fingerprint density at radius 1 is 1.55 bits per heavy atom. The van der Waals surface area contributed by atoms with E-state index in [1.807, 2.05) is 13.8 Å². The normalized spacial score (nSPS) is 14.1. The van der Waals surface area contributed by atoms with Gasteiger partial charge in [-0.1, -0.05) is 13.8 Å². The first-order valence-corrected chi connectivity index (χ1v) is 4.41. The monoisotopic (exact) mass is 174 g/mol. The number of nitrogens with two attached hydrogens (primary N) is 1. The van der Waals surface area contributed by atoms with Crippen LogP contribution < -0.4 is 5.73 Å². The molecule has 1 unspecified atom stereocenters. The van der Waals surface area contributed by atoms with Crippen LogP contribution >= 0.6 is 11.6 Å². The van der Waals surface area contributed by atoms with Gasteiger partial charge in [0.1, 0.15) is 0 Å². The van der Waals surface area contributed by atoms with Crippen LogP contribution in [0.1, 0.15) is 26.7 Å². The first kappa shape index (κ1) is 10.7. The smallest absolute Gasteiger partial charge is 0.0996 e. The highest BCUT2D eigenvalue weighted by molar-refractivity contribution is 6.18. The summed E-state index contributed by atoms with van der Waals surface area (Å²) in [4.78, 5) is 0. The number of alkyl halides is 1. The zero-order valence-corrected chi connectivity index (χ0v) is 7.86. The molecule has 0 saturated carbocycles. The molecule has 0 aliphatic rings. The van der Waals surface area contributed by atoms with Crippen molar-refractivity contribution in [1.82, 2.24) is 0 Å². The minimum absolute atomic E-state index is 0.184. The lowest BCUT2D eigenvalue weighted by atomic mass is 9.78. The molecule has 0 aliphatic carbocycles. The van der Waals surface area contributed by atoms with E-state index >= 15 is 0 Å². The van der Waals surface area contributed by atoms with Crippen molar-refractivity contribution in [1.29, 1.82) is 5.26 Å². The molecular formula is C8H15ClN2. The second-order valence-electron chi connectivity index (χ2n) is 2.81. The molecule has 0 bridgehead atoms. The summed E-state index contributed by atoms with van der Waals surface area (Å²) < 4.78 is 0. The van der Waals surface area contributed by atoms with Crippen molar-refractivity contribution >= 4 is 11.6 Å². The lowest BCUT2D eigenvalue weighted by Crippen LogP contribution is -2.41. The zero-order valence-electron chi connectivity index (χ0n) is 7.10. The molecule has 11 heavy (non-hydrogen) atoms. The Morgan fingerprint density at radius 2 is 2.00 bits per heavy atom. The molecule has 0 rings (SSSR count). The Balaban J connectivity index is 4.42. The Kier molecular flexibility index (Phi) is 4.48. The molecule has 0 aliphatic heterocycles. The largest absolute Gasteiger partial charge is 0.315 e. The lowest BCUT2D eigenvalue weighted by Gasteiger charge is -2.31. The molecule has 0 aromatic rings. The van der Waals surface area contributed by atoms with E-state index in [2.05, 4.69) is 6.07 Å². The van der Waals surface area contributed by atoms with Gasteiger partial charge in [-0.05, 0) is 12.8 Å². The average molecular weight is 175 g/mol. The van der Waals surface area contributed by atoms with E-state index in [9.17, 15) is 0 Å². The summed E-state index contributed by atoms with van der Waals surface area (Å²) in [6, 6.07) is 1.62. The van der Waals surface area contributed by atoms with Gasteiger partial charge in [0.05, 0.1) is 12.1 Å². The van der Waals surface area contributed by atoms with E-state index in [1.54, 1.807) is 0 Å². The highest BCUT2D eigenvalue weighted by Gasteiger charge is 2.32. The van der Waals surface area contributed by atoms with E-state index in [4.69, 9.17) is 22.6 Å². The predicted octanol–water partition coefficient (Wildman–Crippen LogP) is 1.88. The minimum Gasteiger partial charge on any atom is -0.315 e. The molecule has 0 heterocycles. The van der Waals surface area contributed by atoms with E-state index < -0.39 is 6.04 Å². The topological polar surface area (TPSA) is 49.8 Å². The highest BCUT2D eigenvalue weighted by Crippen LogP contribution is 2.30. The molecule has 1 atom stereocenters. The second kappa shape index (κ2) is 4.58. The maximum absolute atomic E-state index is 8.63. The van der Waals surface area contributed by atoms with Crippen molar-refractivity contribution in [3.63, 3.8) is 0 Å². The lowest BCUT2D eigenvalue weighted by molar-refractivity contribution is 0.274. The van der Waals surface area contributed by atoms with Crippen molar-refractivity contribution < 1.29 is 0 Å². The summed E-state index contributed by atoms with van der Waals surface area (Å²) in [5.41, 5.74) is 5.45. The maximum Gasteiger partial charge on any atom is 0.0996 e. The molecule has 0 amide bonds. The van der Waals surface area contributed by atoms with E-state index in [0.717, 1.165) is 12.8 Å². The van der Waals surface area contributed by atoms with Gasteiger partial charge >= 0.3 is 0 Å². The Hall–Kier alpha value is -0.260. The molecule has 0 aromatic carbocycles. The maximum atomic E-state index is 8.63. The summed E-state index contributed by atoms with van der Waals surface area (Å²) in [6.45, 7) is 4.03. The quantitative estimate of drug-likeness (QED) is 0.662. The van der Waals surface area contributed by atoms with Crippen LogP contribution in [0, 0.1) is 16.7 Å². The van der Waals surface area contributed by atoms with Gasteiger partial charge in [-0.2, -0.15) is 5.26 Å². The Bertz CT molecular complexity index is 138. The van der Waals surface area contributed by atoms with Crippen LogP contribution in [0.15, 0.2) is 0 Å². The molecule has 0 spiro atoms. The van der Waals surface area contributed by atoms with Crippen LogP contribution in [0.3, 0.4) is 0 Å². The fraction of sp³-hybridized carbons (Fsp3) is 0.875. The van der Waals surface area contributed by atoms with Crippen LogP contribution in [0.2, 0.25) is 0 Å². The molecule has 0 saturated heterocycles. The first-order chi connectivity index (χ1) is 5.16. The third-order valence-corrected chi connectivity index (χ3v) is 3.01. The van der Waals surface area contributed by atoms with Crippen molar-refractivity contribution in [3.8, 4) is 6.07 Å². The Morgan fingerprint density at radius 3 is 2.09 bits per heavy atom. The van der Waals surface area contributed by atoms with Gasteiger partial charge in [0.2, 0.25) is 0 Å². The van der Waals surface area contributed by atoms with Gasteiger partial charge in [-0.15, -0.1) is 11.6 Å². The second-order valence-corrected chi connectivity index (χ2v) is 3.08. The van der Waals surface area contributed by atoms with Crippen LogP contribution in [-0.4, -0.2) is 11.9 Å². The molecule has 0 fully saturated rings. The molecule has 2 nitrogen and oxygen atoms in total. The van der Waals surface area contributed by atoms with Crippen LogP contribution in [0.5, 0.6) is 0 Å². The first-order valence-electron chi connectivity index (χ1n) is 3.88. The third-order valence-electron chi connectivity index (χ3n) is 2.47. The molecule has 0 radical (unpaired) electrons. The minimum atomic E-state index is -0.435. The van der Waals surface area contributed by atoms with Gasteiger partial charge in [-0.25, -0.2) is 0 Å². The van der Waals surface area contributed by atoms with Crippen LogP contribution in [0.25, 0.3) is 0 Å². The molecule has 0 aromatic heterocycles. The average Bonchev–Trinajstić information content (AvgIpc) is 2.08. The molecule has 64 valence electrons. The van der Waals surface area contributed by atoms with Crippen molar-refractivity contribution in [2.24, 2.45) is 11.1 Å². The number of nitriles is 1. The molecule has 2 N–H and O–H groups in total. The summed E-state index contributed by atoms with van der Waals surface area (Å²) in [6.07, 6.45) is 1.73. The highest BCUT2D eigenvalue weighted by atomic mass is 35.5.